The highest BCUT2D eigenvalue weighted by molar-refractivity contribution is 5.93. The summed E-state index contributed by atoms with van der Waals surface area (Å²) in [6, 6.07) is 8.16. The van der Waals surface area contributed by atoms with E-state index in [4.69, 9.17) is 0 Å². The number of hydrogen-bond donors (Lipinski definition) is 2. The average molecular weight is 550 g/mol. The van der Waals surface area contributed by atoms with Gasteiger partial charge in [0.15, 0.2) is 0 Å². The normalized spacial score (nSPS) is 11.6. The predicted octanol–water partition coefficient (Wildman–Crippen LogP) is 9.48. The highest BCUT2D eigenvalue weighted by atomic mass is 16.1. The van der Waals surface area contributed by atoms with Gasteiger partial charge >= 0.3 is 0 Å². The molecule has 0 radical (unpaired) electrons. The Morgan fingerprint density at radius 1 is 0.950 bits per heavy atom. The lowest BCUT2D eigenvalue weighted by Gasteiger charge is -2.26. The Morgan fingerprint density at radius 2 is 1.52 bits per heavy atom. The fourth-order valence-electron chi connectivity index (χ4n) is 4.79. The Hall–Kier alpha value is -3.21. The lowest BCUT2D eigenvalue weighted by molar-refractivity contribution is -0.114. The van der Waals surface area contributed by atoms with E-state index >= 15 is 0 Å². The number of amides is 1. The molecule has 0 saturated heterocycles. The van der Waals surface area contributed by atoms with Gasteiger partial charge in [-0.3, -0.25) is 9.89 Å². The van der Waals surface area contributed by atoms with Gasteiger partial charge < -0.3 is 10.2 Å². The molecule has 0 atom stereocenters. The van der Waals surface area contributed by atoms with Gasteiger partial charge in [-0.15, -0.1) is 10.2 Å². The quantitative estimate of drug-likeness (QED) is 0.142. The van der Waals surface area contributed by atoms with Gasteiger partial charge in [0.1, 0.15) is 17.3 Å². The minimum absolute atomic E-state index is 0.167. The van der Waals surface area contributed by atoms with Crippen LogP contribution in [0.3, 0.4) is 0 Å². The molecular weight excluding hydrogens is 498 g/mol. The zero-order chi connectivity index (χ0) is 29.4. The standard InChI is InChI=1S/C32H51N7O/c1-7-9-11-13-15-17-21-39(22-18-16-14-12-10-8-2)26-19-20-28(29(23-26)34-25(3)40)35-37-31-27(24-33)30(36-38-31)32(4,5)6/h19-20,23H,7-18,21-22H2,1-6H3,(H,34,40)(H,36,38). The smallest absolute Gasteiger partial charge is 0.221 e. The molecule has 1 aromatic carbocycles. The van der Waals surface area contributed by atoms with Gasteiger partial charge in [-0.2, -0.15) is 10.4 Å². The second-order valence-electron chi connectivity index (χ2n) is 11.8. The number of azo groups is 1. The summed E-state index contributed by atoms with van der Waals surface area (Å²) in [4.78, 5) is 14.5. The van der Waals surface area contributed by atoms with Gasteiger partial charge in [0, 0.05) is 31.1 Å². The zero-order valence-electron chi connectivity index (χ0n) is 25.8. The Balaban J connectivity index is 2.25. The molecule has 0 bridgehead atoms. The van der Waals surface area contributed by atoms with Crippen LogP contribution < -0.4 is 10.2 Å². The average Bonchev–Trinajstić information content (AvgIpc) is 3.34. The van der Waals surface area contributed by atoms with Crippen LogP contribution in [0.4, 0.5) is 22.9 Å². The first-order valence-corrected chi connectivity index (χ1v) is 15.3. The topological polar surface area (TPSA) is 110 Å². The number of aromatic amines is 1. The Morgan fingerprint density at radius 3 is 2.05 bits per heavy atom. The van der Waals surface area contributed by atoms with E-state index in [-0.39, 0.29) is 17.1 Å². The van der Waals surface area contributed by atoms with E-state index in [1.807, 2.05) is 32.9 Å². The first-order valence-electron chi connectivity index (χ1n) is 15.3. The van der Waals surface area contributed by atoms with Gasteiger partial charge in [-0.05, 0) is 31.0 Å². The minimum atomic E-state index is -0.274. The number of nitriles is 1. The molecule has 0 fully saturated rings. The van der Waals surface area contributed by atoms with Crippen molar-refractivity contribution in [2.75, 3.05) is 23.3 Å². The van der Waals surface area contributed by atoms with E-state index in [0.717, 1.165) is 37.3 Å². The molecule has 2 rings (SSSR count). The summed E-state index contributed by atoms with van der Waals surface area (Å²) in [5.41, 5.74) is 3.05. The van der Waals surface area contributed by atoms with Crippen molar-refractivity contribution in [3.8, 4) is 6.07 Å². The van der Waals surface area contributed by atoms with Crippen molar-refractivity contribution in [1.29, 1.82) is 5.26 Å². The Labute approximate surface area is 242 Å². The van der Waals surface area contributed by atoms with Gasteiger partial charge in [-0.25, -0.2) is 0 Å². The first kappa shape index (κ1) is 33.0. The van der Waals surface area contributed by atoms with Gasteiger partial charge in [-0.1, -0.05) is 98.8 Å². The Kier molecular flexibility index (Phi) is 14.4. The lowest BCUT2D eigenvalue weighted by Crippen LogP contribution is -2.26. The molecule has 0 aliphatic carbocycles. The number of carbonyl (C=O) groups excluding carboxylic acids is 1. The molecule has 1 heterocycles. The van der Waals surface area contributed by atoms with E-state index in [1.165, 1.54) is 71.1 Å². The number of carbonyl (C=O) groups is 1. The molecule has 2 aromatic rings. The van der Waals surface area contributed by atoms with Crippen LogP contribution in [0, 0.1) is 11.3 Å². The molecule has 1 amide bonds. The lowest BCUT2D eigenvalue weighted by atomic mass is 9.90. The second-order valence-corrected chi connectivity index (χ2v) is 11.8. The summed E-state index contributed by atoms with van der Waals surface area (Å²) in [5.74, 6) is 0.0811. The fraction of sp³-hybridized carbons (Fsp3) is 0.656. The third-order valence-corrected chi connectivity index (χ3v) is 7.08. The van der Waals surface area contributed by atoms with E-state index in [1.54, 1.807) is 0 Å². The monoisotopic (exact) mass is 549 g/mol. The molecule has 8 heteroatoms. The van der Waals surface area contributed by atoms with Crippen LogP contribution in [0.15, 0.2) is 28.4 Å². The number of benzene rings is 1. The van der Waals surface area contributed by atoms with Crippen LogP contribution in [0.2, 0.25) is 0 Å². The largest absolute Gasteiger partial charge is 0.371 e. The summed E-state index contributed by atoms with van der Waals surface area (Å²) in [7, 11) is 0. The minimum Gasteiger partial charge on any atom is -0.371 e. The number of hydrogen-bond acceptors (Lipinski definition) is 6. The molecule has 0 spiro atoms. The van der Waals surface area contributed by atoms with Crippen molar-refractivity contribution in [2.45, 2.75) is 124 Å². The third kappa shape index (κ3) is 11.1. The number of H-pyrrole nitrogens is 1. The number of aromatic nitrogens is 2. The molecule has 0 saturated carbocycles. The summed E-state index contributed by atoms with van der Waals surface area (Å²) >= 11 is 0. The molecule has 0 aliphatic heterocycles. The maximum atomic E-state index is 12.1. The van der Waals surface area contributed by atoms with E-state index in [2.05, 4.69) is 56.6 Å². The van der Waals surface area contributed by atoms with Crippen LogP contribution in [0.1, 0.15) is 130 Å². The summed E-state index contributed by atoms with van der Waals surface area (Å²) in [6.07, 6.45) is 15.1. The fourth-order valence-corrected chi connectivity index (χ4v) is 4.79. The highest BCUT2D eigenvalue weighted by Gasteiger charge is 2.24. The number of nitrogens with zero attached hydrogens (tertiary/aromatic N) is 5. The van der Waals surface area contributed by atoms with Crippen LogP contribution in [-0.2, 0) is 10.2 Å². The maximum absolute atomic E-state index is 12.1. The molecule has 1 aromatic heterocycles. The molecule has 8 nitrogen and oxygen atoms in total. The zero-order valence-corrected chi connectivity index (χ0v) is 25.8. The first-order chi connectivity index (χ1) is 19.2. The van der Waals surface area contributed by atoms with Crippen LogP contribution in [0.25, 0.3) is 0 Å². The second kappa shape index (κ2) is 17.5. The van der Waals surface area contributed by atoms with Crippen molar-refractivity contribution >= 4 is 28.8 Å². The van der Waals surface area contributed by atoms with Crippen molar-refractivity contribution < 1.29 is 4.79 Å². The van der Waals surface area contributed by atoms with Crippen LogP contribution in [0.5, 0.6) is 0 Å². The SMILES string of the molecule is CCCCCCCCN(CCCCCCCC)c1ccc(N=Nc2n[nH]c(C(C)(C)C)c2C#N)c(NC(C)=O)c1. The van der Waals surface area contributed by atoms with Crippen molar-refractivity contribution in [3.05, 3.63) is 29.5 Å². The molecule has 40 heavy (non-hydrogen) atoms. The molecule has 220 valence electrons. The van der Waals surface area contributed by atoms with E-state index in [9.17, 15) is 10.1 Å². The molecule has 0 unspecified atom stereocenters. The van der Waals surface area contributed by atoms with Crippen molar-refractivity contribution in [3.63, 3.8) is 0 Å². The third-order valence-electron chi connectivity index (χ3n) is 7.08. The number of nitrogens with one attached hydrogen (secondary N) is 2. The summed E-state index contributed by atoms with van der Waals surface area (Å²) in [5, 5.41) is 28.5. The predicted molar refractivity (Wildman–Crippen MR) is 166 cm³/mol. The van der Waals surface area contributed by atoms with Crippen LogP contribution in [-0.4, -0.2) is 29.2 Å². The summed E-state index contributed by atoms with van der Waals surface area (Å²) in [6.45, 7) is 14.0. The van der Waals surface area contributed by atoms with Crippen molar-refractivity contribution in [2.24, 2.45) is 10.2 Å². The highest BCUT2D eigenvalue weighted by Crippen LogP contribution is 2.34. The van der Waals surface area contributed by atoms with Gasteiger partial charge in [0.2, 0.25) is 11.7 Å². The summed E-state index contributed by atoms with van der Waals surface area (Å²) < 4.78 is 0. The van der Waals surface area contributed by atoms with Gasteiger partial charge in [0.05, 0.1) is 11.4 Å². The van der Waals surface area contributed by atoms with E-state index in [0.29, 0.717) is 16.9 Å². The number of anilines is 2. The number of rotatable bonds is 18. The van der Waals surface area contributed by atoms with Crippen LogP contribution >= 0.6 is 0 Å². The molecule has 0 aliphatic rings. The maximum Gasteiger partial charge on any atom is 0.221 e. The van der Waals surface area contributed by atoms with E-state index < -0.39 is 0 Å². The Bertz CT molecular complexity index is 1090. The van der Waals surface area contributed by atoms with Gasteiger partial charge in [0.25, 0.3) is 0 Å². The molecule has 2 N–H and O–H groups in total. The van der Waals surface area contributed by atoms with Crippen molar-refractivity contribution in [1.82, 2.24) is 10.2 Å². The number of unbranched alkanes of at least 4 members (excludes halogenated alkanes) is 10. The molecular formula is C32H51N7O.